The van der Waals surface area contributed by atoms with Crippen LogP contribution in [0.4, 0.5) is 0 Å². The quantitative estimate of drug-likeness (QED) is 0.804. The molecule has 5 heteroatoms. The number of hydrogen-bond donors (Lipinski definition) is 1. The highest BCUT2D eigenvalue weighted by atomic mass is 16.4. The Morgan fingerprint density at radius 3 is 2.87 bits per heavy atom. The number of nitrogens with zero attached hydrogens (tertiary/aromatic N) is 2. The van der Waals surface area contributed by atoms with E-state index in [0.717, 1.165) is 5.56 Å². The van der Waals surface area contributed by atoms with E-state index in [0.29, 0.717) is 6.42 Å². The fraction of sp³-hybridized carbons (Fsp3) is 0.500. The van der Waals surface area contributed by atoms with Crippen LogP contribution < -0.4 is 5.56 Å². The molecule has 1 aromatic rings. The number of aliphatic carboxylic acids is 1. The van der Waals surface area contributed by atoms with Crippen molar-refractivity contribution in [2.75, 3.05) is 0 Å². The minimum atomic E-state index is -0.859. The molecular weight excluding hydrogens is 196 g/mol. The maximum atomic E-state index is 11.5. The Labute approximate surface area is 87.4 Å². The van der Waals surface area contributed by atoms with Crippen LogP contribution in [0.15, 0.2) is 17.1 Å². The van der Waals surface area contributed by atoms with E-state index in [1.54, 1.807) is 20.0 Å². The van der Waals surface area contributed by atoms with Gasteiger partial charge in [0.05, 0.1) is 12.2 Å². The van der Waals surface area contributed by atoms with Crippen LogP contribution in [0.2, 0.25) is 0 Å². The minimum absolute atomic E-state index is 0.0448. The molecule has 1 atom stereocenters. The topological polar surface area (TPSA) is 72.2 Å². The van der Waals surface area contributed by atoms with Crippen LogP contribution in [0, 0.1) is 6.92 Å². The molecular formula is C10H14N2O3. The highest BCUT2D eigenvalue weighted by Gasteiger charge is 2.09. The molecule has 0 aliphatic rings. The Kier molecular flexibility index (Phi) is 3.60. The molecule has 1 heterocycles. The van der Waals surface area contributed by atoms with Gasteiger partial charge in [0, 0.05) is 12.5 Å². The molecule has 82 valence electrons. The van der Waals surface area contributed by atoms with Gasteiger partial charge in [-0.1, -0.05) is 0 Å². The maximum Gasteiger partial charge on any atom is 0.303 e. The molecule has 1 unspecified atom stereocenters. The van der Waals surface area contributed by atoms with E-state index in [1.165, 1.54) is 10.7 Å². The first-order valence-electron chi connectivity index (χ1n) is 4.78. The van der Waals surface area contributed by atoms with Gasteiger partial charge in [0.25, 0.3) is 5.56 Å². The molecule has 0 saturated carbocycles. The van der Waals surface area contributed by atoms with Gasteiger partial charge in [0.2, 0.25) is 0 Å². The summed E-state index contributed by atoms with van der Waals surface area (Å²) in [5.41, 5.74) is 0.620. The van der Waals surface area contributed by atoms with Gasteiger partial charge in [-0.05, 0) is 25.8 Å². The van der Waals surface area contributed by atoms with Gasteiger partial charge in [-0.2, -0.15) is 5.10 Å². The fourth-order valence-electron chi connectivity index (χ4n) is 1.29. The number of aromatic nitrogens is 2. The number of carbonyl (C=O) groups is 1. The molecule has 0 fully saturated rings. The molecule has 0 spiro atoms. The number of aryl methyl sites for hydroxylation is 1. The van der Waals surface area contributed by atoms with Crippen molar-refractivity contribution in [3.63, 3.8) is 0 Å². The van der Waals surface area contributed by atoms with Crippen molar-refractivity contribution in [3.05, 3.63) is 28.2 Å². The van der Waals surface area contributed by atoms with Crippen molar-refractivity contribution in [1.82, 2.24) is 9.78 Å². The van der Waals surface area contributed by atoms with E-state index < -0.39 is 5.97 Å². The summed E-state index contributed by atoms with van der Waals surface area (Å²) in [7, 11) is 0. The first kappa shape index (κ1) is 11.4. The second-order valence-electron chi connectivity index (χ2n) is 3.60. The van der Waals surface area contributed by atoms with Crippen molar-refractivity contribution in [3.8, 4) is 0 Å². The smallest absolute Gasteiger partial charge is 0.303 e. The van der Waals surface area contributed by atoms with Crippen molar-refractivity contribution < 1.29 is 9.90 Å². The summed E-state index contributed by atoms with van der Waals surface area (Å²) >= 11 is 0. The predicted molar refractivity (Wildman–Crippen MR) is 54.8 cm³/mol. The van der Waals surface area contributed by atoms with E-state index in [2.05, 4.69) is 5.10 Å². The molecule has 0 amide bonds. The van der Waals surface area contributed by atoms with E-state index in [4.69, 9.17) is 5.11 Å². The summed E-state index contributed by atoms with van der Waals surface area (Å²) in [6, 6.07) is 1.30. The minimum Gasteiger partial charge on any atom is -0.481 e. The van der Waals surface area contributed by atoms with Crippen molar-refractivity contribution in [1.29, 1.82) is 0 Å². The highest BCUT2D eigenvalue weighted by Crippen LogP contribution is 2.08. The van der Waals surface area contributed by atoms with E-state index in [1.807, 2.05) is 0 Å². The molecule has 1 rings (SSSR count). The number of rotatable bonds is 4. The lowest BCUT2D eigenvalue weighted by molar-refractivity contribution is -0.137. The van der Waals surface area contributed by atoms with Crippen LogP contribution >= 0.6 is 0 Å². The predicted octanol–water partition coefficient (Wildman–Crippen LogP) is 0.978. The largest absolute Gasteiger partial charge is 0.481 e. The standard InChI is InChI=1S/C10H14N2O3/c1-7-5-9(13)12(11-6-7)8(2)3-4-10(14)15/h5-6,8H,3-4H2,1-2H3,(H,14,15). The van der Waals surface area contributed by atoms with E-state index in [-0.39, 0.29) is 18.0 Å². The molecule has 0 aromatic carbocycles. The van der Waals surface area contributed by atoms with Gasteiger partial charge in [0.15, 0.2) is 0 Å². The number of carboxylic acids is 1. The Balaban J connectivity index is 2.78. The number of hydrogen-bond acceptors (Lipinski definition) is 3. The second-order valence-corrected chi connectivity index (χ2v) is 3.60. The lowest BCUT2D eigenvalue weighted by atomic mass is 10.2. The summed E-state index contributed by atoms with van der Waals surface area (Å²) in [5, 5.41) is 12.5. The highest BCUT2D eigenvalue weighted by molar-refractivity contribution is 5.66. The van der Waals surface area contributed by atoms with Crippen LogP contribution in [0.3, 0.4) is 0 Å². The van der Waals surface area contributed by atoms with Crippen LogP contribution in [0.25, 0.3) is 0 Å². The molecule has 5 nitrogen and oxygen atoms in total. The zero-order valence-corrected chi connectivity index (χ0v) is 8.80. The summed E-state index contributed by atoms with van der Waals surface area (Å²) in [6.45, 7) is 3.58. The maximum absolute atomic E-state index is 11.5. The van der Waals surface area contributed by atoms with E-state index >= 15 is 0 Å². The Bertz CT molecular complexity index is 411. The van der Waals surface area contributed by atoms with Crippen LogP contribution in [-0.4, -0.2) is 20.9 Å². The van der Waals surface area contributed by atoms with Gasteiger partial charge in [-0.3, -0.25) is 9.59 Å². The van der Waals surface area contributed by atoms with Crippen molar-refractivity contribution in [2.45, 2.75) is 32.7 Å². The third kappa shape index (κ3) is 3.19. The van der Waals surface area contributed by atoms with Crippen molar-refractivity contribution in [2.24, 2.45) is 0 Å². The van der Waals surface area contributed by atoms with Crippen LogP contribution in [0.5, 0.6) is 0 Å². The lowest BCUT2D eigenvalue weighted by Gasteiger charge is -2.11. The molecule has 1 N–H and O–H groups in total. The fourth-order valence-corrected chi connectivity index (χ4v) is 1.29. The van der Waals surface area contributed by atoms with Gasteiger partial charge in [-0.25, -0.2) is 4.68 Å². The first-order valence-corrected chi connectivity index (χ1v) is 4.78. The second kappa shape index (κ2) is 4.72. The molecule has 0 aliphatic carbocycles. The zero-order valence-electron chi connectivity index (χ0n) is 8.80. The molecule has 1 aromatic heterocycles. The van der Waals surface area contributed by atoms with Crippen molar-refractivity contribution >= 4 is 5.97 Å². The summed E-state index contributed by atoms with van der Waals surface area (Å²) in [4.78, 5) is 21.8. The van der Waals surface area contributed by atoms with Crippen LogP contribution in [-0.2, 0) is 4.79 Å². The average molecular weight is 210 g/mol. The van der Waals surface area contributed by atoms with Crippen LogP contribution in [0.1, 0.15) is 31.4 Å². The summed E-state index contributed by atoms with van der Waals surface area (Å²) in [6.07, 6.45) is 2.05. The molecule has 0 bridgehead atoms. The third-order valence-corrected chi connectivity index (χ3v) is 2.16. The Hall–Kier alpha value is -1.65. The SMILES string of the molecule is Cc1cnn(C(C)CCC(=O)O)c(=O)c1. The normalized spacial score (nSPS) is 12.4. The number of carboxylic acid groups (broad SMARTS) is 1. The molecule has 0 saturated heterocycles. The molecule has 0 radical (unpaired) electrons. The molecule has 15 heavy (non-hydrogen) atoms. The molecule has 0 aliphatic heterocycles. The average Bonchev–Trinajstić information content (AvgIpc) is 2.14. The summed E-state index contributed by atoms with van der Waals surface area (Å²) < 4.78 is 1.32. The monoisotopic (exact) mass is 210 g/mol. The first-order chi connectivity index (χ1) is 7.00. The third-order valence-electron chi connectivity index (χ3n) is 2.16. The van der Waals surface area contributed by atoms with E-state index in [9.17, 15) is 9.59 Å². The van der Waals surface area contributed by atoms with Gasteiger partial charge in [-0.15, -0.1) is 0 Å². The van der Waals surface area contributed by atoms with Gasteiger partial charge in [0.1, 0.15) is 0 Å². The van der Waals surface area contributed by atoms with Gasteiger partial charge >= 0.3 is 5.97 Å². The van der Waals surface area contributed by atoms with Gasteiger partial charge < -0.3 is 5.11 Å². The zero-order chi connectivity index (χ0) is 11.4. The lowest BCUT2D eigenvalue weighted by Crippen LogP contribution is -2.25. The Morgan fingerprint density at radius 2 is 2.33 bits per heavy atom. The summed E-state index contributed by atoms with van der Waals surface area (Å²) in [5.74, 6) is -0.859. The Morgan fingerprint density at radius 1 is 1.67 bits per heavy atom.